The molecule has 6 heteroatoms. The molecule has 0 radical (unpaired) electrons. The van der Waals surface area contributed by atoms with Crippen LogP contribution < -0.4 is 0 Å². The minimum atomic E-state index is -1.06. The lowest BCUT2D eigenvalue weighted by molar-refractivity contribution is -0.141. The quantitative estimate of drug-likeness (QED) is 0.903. The van der Waals surface area contributed by atoms with E-state index in [0.29, 0.717) is 11.3 Å². The van der Waals surface area contributed by atoms with Gasteiger partial charge in [-0.1, -0.05) is 12.1 Å². The van der Waals surface area contributed by atoms with Crippen LogP contribution in [-0.4, -0.2) is 39.1 Å². The normalized spacial score (nSPS) is 22.6. The van der Waals surface area contributed by atoms with E-state index in [1.807, 2.05) is 0 Å². The van der Waals surface area contributed by atoms with Crippen molar-refractivity contribution >= 4 is 23.6 Å². The van der Waals surface area contributed by atoms with Gasteiger partial charge in [-0.05, 0) is 25.5 Å². The molecule has 1 aromatic rings. The van der Waals surface area contributed by atoms with Gasteiger partial charge in [-0.25, -0.2) is 9.18 Å². The van der Waals surface area contributed by atoms with Gasteiger partial charge in [0.2, 0.25) is 0 Å². The fourth-order valence-corrected chi connectivity index (χ4v) is 3.26. The van der Waals surface area contributed by atoms with Gasteiger partial charge < -0.3 is 10.0 Å². The lowest BCUT2D eigenvalue weighted by Gasteiger charge is -2.25. The number of halogens is 1. The molecular formula is C13H14FNO3S. The first kappa shape index (κ1) is 13.9. The number of amides is 1. The van der Waals surface area contributed by atoms with Crippen molar-refractivity contribution in [2.24, 2.45) is 0 Å². The summed E-state index contributed by atoms with van der Waals surface area (Å²) in [6.07, 6.45) is 0. The van der Waals surface area contributed by atoms with E-state index >= 15 is 0 Å². The minimum Gasteiger partial charge on any atom is -0.480 e. The number of hydrogen-bond acceptors (Lipinski definition) is 3. The predicted molar refractivity (Wildman–Crippen MR) is 70.7 cm³/mol. The lowest BCUT2D eigenvalue weighted by atomic mass is 10.1. The van der Waals surface area contributed by atoms with Crippen LogP contribution in [0, 0.1) is 12.7 Å². The molecule has 1 saturated heterocycles. The van der Waals surface area contributed by atoms with Gasteiger partial charge in [-0.2, -0.15) is 0 Å². The number of carbonyl (C=O) groups is 2. The van der Waals surface area contributed by atoms with Crippen LogP contribution in [0.1, 0.15) is 22.8 Å². The summed E-state index contributed by atoms with van der Waals surface area (Å²) in [7, 11) is 0. The Morgan fingerprint density at radius 3 is 2.79 bits per heavy atom. The third-order valence-electron chi connectivity index (χ3n) is 3.16. The molecule has 1 amide bonds. The van der Waals surface area contributed by atoms with E-state index in [4.69, 9.17) is 5.11 Å². The van der Waals surface area contributed by atoms with Crippen molar-refractivity contribution in [1.29, 1.82) is 0 Å². The summed E-state index contributed by atoms with van der Waals surface area (Å²) in [5, 5.41) is 8.85. The maximum absolute atomic E-state index is 14.0. The topological polar surface area (TPSA) is 57.6 Å². The Balaban J connectivity index is 2.37. The zero-order valence-electron chi connectivity index (χ0n) is 10.6. The Bertz CT molecular complexity index is 535. The van der Waals surface area contributed by atoms with Gasteiger partial charge in [0.05, 0.1) is 10.9 Å². The van der Waals surface area contributed by atoms with Gasteiger partial charge >= 0.3 is 5.97 Å². The third kappa shape index (κ3) is 2.45. The molecule has 0 aromatic heterocycles. The van der Waals surface area contributed by atoms with Crippen LogP contribution in [0.15, 0.2) is 18.2 Å². The average molecular weight is 283 g/mol. The molecule has 1 aliphatic rings. The van der Waals surface area contributed by atoms with Gasteiger partial charge in [-0.3, -0.25) is 4.79 Å². The van der Waals surface area contributed by atoms with Gasteiger partial charge in [0.25, 0.3) is 5.91 Å². The molecule has 1 aliphatic heterocycles. The number of aliphatic carboxylic acids is 1. The molecule has 0 saturated carbocycles. The number of nitrogens with zero attached hydrogens (tertiary/aromatic N) is 1. The van der Waals surface area contributed by atoms with Crippen LogP contribution in [-0.2, 0) is 4.79 Å². The zero-order valence-corrected chi connectivity index (χ0v) is 11.4. The molecule has 4 nitrogen and oxygen atoms in total. The number of benzene rings is 1. The monoisotopic (exact) mass is 283 g/mol. The van der Waals surface area contributed by atoms with Crippen molar-refractivity contribution in [2.45, 2.75) is 25.3 Å². The second-order valence-electron chi connectivity index (χ2n) is 4.44. The highest BCUT2D eigenvalue weighted by molar-refractivity contribution is 8.00. The fourth-order valence-electron chi connectivity index (χ4n) is 2.09. The number of rotatable bonds is 2. The minimum absolute atomic E-state index is 0.0689. The molecule has 1 fully saturated rings. The molecular weight excluding hydrogens is 269 g/mol. The van der Waals surface area contributed by atoms with Crippen molar-refractivity contribution in [3.8, 4) is 0 Å². The van der Waals surface area contributed by atoms with Gasteiger partial charge in [0.1, 0.15) is 11.9 Å². The highest BCUT2D eigenvalue weighted by Gasteiger charge is 2.40. The number of carboxylic acids is 1. The zero-order chi connectivity index (χ0) is 14.2. The first-order chi connectivity index (χ1) is 8.93. The molecule has 1 N–H and O–H groups in total. The Hall–Kier alpha value is -1.56. The number of aryl methyl sites for hydroxylation is 1. The number of hydrogen-bond donors (Lipinski definition) is 1. The van der Waals surface area contributed by atoms with E-state index in [0.717, 1.165) is 0 Å². The maximum Gasteiger partial charge on any atom is 0.327 e. The highest BCUT2D eigenvalue weighted by Crippen LogP contribution is 2.31. The molecule has 1 heterocycles. The molecule has 2 atom stereocenters. The summed E-state index contributed by atoms with van der Waals surface area (Å²) >= 11 is 1.38. The third-order valence-corrected chi connectivity index (χ3v) is 4.38. The molecule has 0 aliphatic carbocycles. The van der Waals surface area contributed by atoms with Gasteiger partial charge in [0.15, 0.2) is 0 Å². The summed E-state index contributed by atoms with van der Waals surface area (Å²) in [6, 6.07) is 3.66. The second kappa shape index (κ2) is 5.21. The molecule has 0 spiro atoms. The summed E-state index contributed by atoms with van der Waals surface area (Å²) in [4.78, 5) is 24.7. The predicted octanol–water partition coefficient (Wildman–Crippen LogP) is 2.12. The van der Waals surface area contributed by atoms with Crippen molar-refractivity contribution < 1.29 is 19.1 Å². The van der Waals surface area contributed by atoms with E-state index in [-0.39, 0.29) is 10.9 Å². The molecule has 1 aromatic carbocycles. The average Bonchev–Trinajstić information content (AvgIpc) is 2.74. The molecule has 2 unspecified atom stereocenters. The number of carboxylic acid groups (broad SMARTS) is 1. The number of carbonyl (C=O) groups excluding carboxylic acids is 1. The van der Waals surface area contributed by atoms with Crippen molar-refractivity contribution in [3.05, 3.63) is 35.1 Å². The largest absolute Gasteiger partial charge is 0.480 e. The van der Waals surface area contributed by atoms with Gasteiger partial charge in [0, 0.05) is 5.75 Å². The Morgan fingerprint density at radius 1 is 1.47 bits per heavy atom. The van der Waals surface area contributed by atoms with Crippen LogP contribution >= 0.6 is 11.8 Å². The maximum atomic E-state index is 14.0. The fraction of sp³-hybridized carbons (Fsp3) is 0.385. The van der Waals surface area contributed by atoms with Gasteiger partial charge in [-0.15, -0.1) is 11.8 Å². The summed E-state index contributed by atoms with van der Waals surface area (Å²) in [5.74, 6) is -1.87. The van der Waals surface area contributed by atoms with E-state index < -0.39 is 23.7 Å². The van der Waals surface area contributed by atoms with Crippen molar-refractivity contribution in [1.82, 2.24) is 4.90 Å². The van der Waals surface area contributed by atoms with Crippen LogP contribution in [0.25, 0.3) is 0 Å². The summed E-state index contributed by atoms with van der Waals surface area (Å²) < 4.78 is 14.0. The van der Waals surface area contributed by atoms with Crippen molar-refractivity contribution in [3.63, 3.8) is 0 Å². The van der Waals surface area contributed by atoms with E-state index in [1.165, 1.54) is 22.7 Å². The SMILES string of the molecule is Cc1cccc(C(=O)N2C(C)SCC2C(=O)O)c1F. The van der Waals surface area contributed by atoms with Crippen LogP contribution in [0.5, 0.6) is 0 Å². The smallest absolute Gasteiger partial charge is 0.327 e. The highest BCUT2D eigenvalue weighted by atomic mass is 32.2. The van der Waals surface area contributed by atoms with Crippen LogP contribution in [0.3, 0.4) is 0 Å². The molecule has 0 bridgehead atoms. The van der Waals surface area contributed by atoms with Crippen molar-refractivity contribution in [2.75, 3.05) is 5.75 Å². The Kier molecular flexibility index (Phi) is 3.80. The Labute approximate surface area is 114 Å². The molecule has 2 rings (SSSR count). The standard InChI is InChI=1S/C13H14FNO3S/c1-7-4-3-5-9(11(7)14)12(16)15-8(2)19-6-10(15)13(17)18/h3-5,8,10H,6H2,1-2H3,(H,17,18). The van der Waals surface area contributed by atoms with E-state index in [1.54, 1.807) is 26.0 Å². The second-order valence-corrected chi connectivity index (χ2v) is 5.78. The van der Waals surface area contributed by atoms with Crippen LogP contribution in [0.4, 0.5) is 4.39 Å². The van der Waals surface area contributed by atoms with Crippen LogP contribution in [0.2, 0.25) is 0 Å². The first-order valence-corrected chi connectivity index (χ1v) is 6.90. The first-order valence-electron chi connectivity index (χ1n) is 5.85. The summed E-state index contributed by atoms with van der Waals surface area (Å²) in [5.41, 5.74) is 0.304. The molecule has 102 valence electrons. The van der Waals surface area contributed by atoms with E-state index in [2.05, 4.69) is 0 Å². The summed E-state index contributed by atoms with van der Waals surface area (Å²) in [6.45, 7) is 3.32. The van der Waals surface area contributed by atoms with E-state index in [9.17, 15) is 14.0 Å². The lowest BCUT2D eigenvalue weighted by Crippen LogP contribution is -2.45. The Morgan fingerprint density at radius 2 is 2.16 bits per heavy atom. The number of thioether (sulfide) groups is 1. The molecule has 19 heavy (non-hydrogen) atoms.